The first-order valence-corrected chi connectivity index (χ1v) is 5.31. The Bertz CT molecular complexity index is 542. The van der Waals surface area contributed by atoms with Gasteiger partial charge in [0.15, 0.2) is 11.6 Å². The Morgan fingerprint density at radius 3 is 2.47 bits per heavy atom. The van der Waals surface area contributed by atoms with Gasteiger partial charge in [-0.1, -0.05) is 23.2 Å². The minimum atomic E-state index is -0.615. The van der Waals surface area contributed by atoms with Gasteiger partial charge in [0.1, 0.15) is 0 Å². The van der Waals surface area contributed by atoms with E-state index in [2.05, 4.69) is 15.3 Å². The Labute approximate surface area is 107 Å². The van der Waals surface area contributed by atoms with Gasteiger partial charge >= 0.3 is 0 Å². The van der Waals surface area contributed by atoms with E-state index in [1.165, 1.54) is 0 Å². The lowest BCUT2D eigenvalue weighted by atomic mass is 10.3. The summed E-state index contributed by atoms with van der Waals surface area (Å²) in [5.41, 5.74) is 5.87. The molecule has 7 heteroatoms. The smallest absolute Gasteiger partial charge is 0.222 e. The Morgan fingerprint density at radius 1 is 1.18 bits per heavy atom. The molecule has 0 bridgehead atoms. The molecular formula is C10H7Cl2FN4. The van der Waals surface area contributed by atoms with Crippen LogP contribution in [0.1, 0.15) is 0 Å². The molecule has 0 unspecified atom stereocenters. The SMILES string of the molecule is Nc1ncc(F)c(Nc2cc(Cl)cc(Cl)c2)n1. The number of rotatable bonds is 2. The second-order valence-corrected chi connectivity index (χ2v) is 4.08. The number of benzene rings is 1. The summed E-state index contributed by atoms with van der Waals surface area (Å²) < 4.78 is 13.3. The Balaban J connectivity index is 2.34. The monoisotopic (exact) mass is 272 g/mol. The predicted molar refractivity (Wildman–Crippen MR) is 66.1 cm³/mol. The van der Waals surface area contributed by atoms with Crippen molar-refractivity contribution in [1.29, 1.82) is 0 Å². The first-order valence-electron chi connectivity index (χ1n) is 4.56. The molecule has 0 saturated carbocycles. The van der Waals surface area contributed by atoms with Gasteiger partial charge in [0.05, 0.1) is 6.20 Å². The van der Waals surface area contributed by atoms with Gasteiger partial charge in [-0.15, -0.1) is 0 Å². The Hall–Kier alpha value is -1.59. The number of nitrogen functional groups attached to an aromatic ring is 1. The summed E-state index contributed by atoms with van der Waals surface area (Å²) in [6.07, 6.45) is 0.983. The van der Waals surface area contributed by atoms with Crippen molar-refractivity contribution in [3.63, 3.8) is 0 Å². The molecule has 0 aliphatic heterocycles. The van der Waals surface area contributed by atoms with E-state index in [-0.39, 0.29) is 11.8 Å². The van der Waals surface area contributed by atoms with Gasteiger partial charge in [0.25, 0.3) is 0 Å². The molecule has 0 amide bonds. The lowest BCUT2D eigenvalue weighted by Gasteiger charge is -2.07. The zero-order valence-electron chi connectivity index (χ0n) is 8.42. The fraction of sp³-hybridized carbons (Fsp3) is 0. The number of nitrogens with one attached hydrogen (secondary N) is 1. The van der Waals surface area contributed by atoms with Crippen molar-refractivity contribution in [2.75, 3.05) is 11.1 Å². The minimum Gasteiger partial charge on any atom is -0.368 e. The van der Waals surface area contributed by atoms with Gasteiger partial charge < -0.3 is 11.1 Å². The van der Waals surface area contributed by atoms with E-state index in [0.717, 1.165) is 6.20 Å². The molecule has 0 atom stereocenters. The molecule has 0 aliphatic rings. The average molecular weight is 273 g/mol. The third-order valence-electron chi connectivity index (χ3n) is 1.89. The summed E-state index contributed by atoms with van der Waals surface area (Å²) in [6.45, 7) is 0. The number of hydrogen-bond acceptors (Lipinski definition) is 4. The second-order valence-electron chi connectivity index (χ2n) is 3.21. The third kappa shape index (κ3) is 2.95. The van der Waals surface area contributed by atoms with Gasteiger partial charge in [-0.3, -0.25) is 0 Å². The molecule has 1 aromatic heterocycles. The van der Waals surface area contributed by atoms with Crippen LogP contribution >= 0.6 is 23.2 Å². The van der Waals surface area contributed by atoms with Crippen molar-refractivity contribution >= 4 is 40.7 Å². The Kier molecular flexibility index (Phi) is 3.31. The van der Waals surface area contributed by atoms with Crippen LogP contribution in [0.2, 0.25) is 10.0 Å². The maximum absolute atomic E-state index is 13.3. The zero-order chi connectivity index (χ0) is 12.4. The summed E-state index contributed by atoms with van der Waals surface area (Å²) in [5, 5.41) is 3.59. The van der Waals surface area contributed by atoms with E-state index in [1.807, 2.05) is 0 Å². The predicted octanol–water partition coefficient (Wildman–Crippen LogP) is 3.25. The normalized spacial score (nSPS) is 10.3. The van der Waals surface area contributed by atoms with E-state index in [1.54, 1.807) is 18.2 Å². The number of nitrogens with zero attached hydrogens (tertiary/aromatic N) is 2. The summed E-state index contributed by atoms with van der Waals surface area (Å²) >= 11 is 11.6. The maximum Gasteiger partial charge on any atom is 0.222 e. The molecule has 2 aromatic rings. The van der Waals surface area contributed by atoms with Crippen LogP contribution in [0.15, 0.2) is 24.4 Å². The summed E-state index contributed by atoms with van der Waals surface area (Å²) in [6, 6.07) is 4.75. The van der Waals surface area contributed by atoms with E-state index in [9.17, 15) is 4.39 Å². The highest BCUT2D eigenvalue weighted by atomic mass is 35.5. The molecule has 2 rings (SSSR count). The van der Waals surface area contributed by atoms with Gasteiger partial charge in [-0.25, -0.2) is 9.37 Å². The van der Waals surface area contributed by atoms with Crippen LogP contribution in [0.4, 0.5) is 21.8 Å². The molecule has 0 radical (unpaired) electrons. The standard InChI is InChI=1S/C10H7Cl2FN4/c11-5-1-6(12)3-7(2-5)16-9-8(13)4-15-10(14)17-9/h1-4H,(H3,14,15,16,17). The van der Waals surface area contributed by atoms with Crippen molar-refractivity contribution in [3.05, 3.63) is 40.3 Å². The second kappa shape index (κ2) is 4.73. The first kappa shape index (κ1) is 11.9. The van der Waals surface area contributed by atoms with Gasteiger partial charge in [0, 0.05) is 15.7 Å². The average Bonchev–Trinajstić information content (AvgIpc) is 2.22. The number of hydrogen-bond donors (Lipinski definition) is 2. The summed E-state index contributed by atoms with van der Waals surface area (Å²) in [7, 11) is 0. The van der Waals surface area contributed by atoms with E-state index >= 15 is 0 Å². The Morgan fingerprint density at radius 2 is 1.82 bits per heavy atom. The number of anilines is 3. The van der Waals surface area contributed by atoms with Crippen molar-refractivity contribution in [2.45, 2.75) is 0 Å². The van der Waals surface area contributed by atoms with Crippen LogP contribution in [0.5, 0.6) is 0 Å². The van der Waals surface area contributed by atoms with Crippen LogP contribution in [-0.2, 0) is 0 Å². The molecule has 4 nitrogen and oxygen atoms in total. The molecule has 3 N–H and O–H groups in total. The quantitative estimate of drug-likeness (QED) is 0.881. The van der Waals surface area contributed by atoms with Gasteiger partial charge in [-0.05, 0) is 18.2 Å². The molecule has 17 heavy (non-hydrogen) atoms. The van der Waals surface area contributed by atoms with Crippen molar-refractivity contribution in [2.24, 2.45) is 0 Å². The summed E-state index contributed by atoms with van der Waals surface area (Å²) in [4.78, 5) is 7.24. The fourth-order valence-electron chi connectivity index (χ4n) is 1.23. The number of halogens is 3. The maximum atomic E-state index is 13.3. The molecule has 0 saturated heterocycles. The number of nitrogens with two attached hydrogens (primary N) is 1. The lowest BCUT2D eigenvalue weighted by molar-refractivity contribution is 0.620. The van der Waals surface area contributed by atoms with Crippen molar-refractivity contribution < 1.29 is 4.39 Å². The highest BCUT2D eigenvalue weighted by Gasteiger charge is 2.06. The van der Waals surface area contributed by atoms with Gasteiger partial charge in [-0.2, -0.15) is 4.98 Å². The zero-order valence-corrected chi connectivity index (χ0v) is 9.93. The van der Waals surface area contributed by atoms with E-state index in [0.29, 0.717) is 15.7 Å². The van der Waals surface area contributed by atoms with Crippen LogP contribution in [0.3, 0.4) is 0 Å². The van der Waals surface area contributed by atoms with Crippen molar-refractivity contribution in [3.8, 4) is 0 Å². The van der Waals surface area contributed by atoms with E-state index in [4.69, 9.17) is 28.9 Å². The van der Waals surface area contributed by atoms with Gasteiger partial charge in [0.2, 0.25) is 5.95 Å². The molecule has 88 valence electrons. The molecule has 0 aliphatic carbocycles. The summed E-state index contributed by atoms with van der Waals surface area (Å²) in [5.74, 6) is -0.673. The van der Waals surface area contributed by atoms with Crippen LogP contribution < -0.4 is 11.1 Å². The number of aromatic nitrogens is 2. The first-order chi connectivity index (χ1) is 8.04. The minimum absolute atomic E-state index is 0.0259. The molecular weight excluding hydrogens is 266 g/mol. The largest absolute Gasteiger partial charge is 0.368 e. The fourth-order valence-corrected chi connectivity index (χ4v) is 1.76. The molecule has 1 heterocycles. The highest BCUT2D eigenvalue weighted by molar-refractivity contribution is 6.35. The molecule has 0 fully saturated rings. The molecule has 0 spiro atoms. The lowest BCUT2D eigenvalue weighted by Crippen LogP contribution is -2.02. The highest BCUT2D eigenvalue weighted by Crippen LogP contribution is 2.25. The van der Waals surface area contributed by atoms with Crippen LogP contribution in [0.25, 0.3) is 0 Å². The van der Waals surface area contributed by atoms with E-state index < -0.39 is 5.82 Å². The topological polar surface area (TPSA) is 63.8 Å². The third-order valence-corrected chi connectivity index (χ3v) is 2.32. The van der Waals surface area contributed by atoms with Crippen molar-refractivity contribution in [1.82, 2.24) is 9.97 Å². The van der Waals surface area contributed by atoms with Crippen LogP contribution in [-0.4, -0.2) is 9.97 Å². The molecule has 1 aromatic carbocycles. The van der Waals surface area contributed by atoms with Crippen LogP contribution in [0, 0.1) is 5.82 Å².